The van der Waals surface area contributed by atoms with Crippen LogP contribution >= 0.6 is 0 Å². The Balaban J connectivity index is 1.82. The van der Waals surface area contributed by atoms with Crippen LogP contribution in [-0.4, -0.2) is 47.0 Å². The topological polar surface area (TPSA) is 60.9 Å². The molecule has 38 heavy (non-hydrogen) atoms. The van der Waals surface area contributed by atoms with Gasteiger partial charge in [0.2, 0.25) is 0 Å². The van der Waals surface area contributed by atoms with Crippen molar-refractivity contribution < 1.29 is 45.4 Å². The van der Waals surface area contributed by atoms with E-state index in [1.165, 1.54) is 35.0 Å². The number of rotatable bonds is 6. The molecular weight excluding hydrogens is 521 g/mol. The highest BCUT2D eigenvalue weighted by Crippen LogP contribution is 2.39. The molecule has 1 aliphatic rings. The van der Waals surface area contributed by atoms with Crippen molar-refractivity contribution in [3.8, 4) is 0 Å². The van der Waals surface area contributed by atoms with Crippen LogP contribution in [0.4, 0.5) is 35.5 Å². The van der Waals surface area contributed by atoms with Gasteiger partial charge < -0.3 is 14.9 Å². The second-order valence-corrected chi connectivity index (χ2v) is 9.57. The van der Waals surface area contributed by atoms with Crippen LogP contribution in [0.1, 0.15) is 53.1 Å². The predicted molar refractivity (Wildman–Crippen MR) is 124 cm³/mol. The highest BCUT2D eigenvalue weighted by atomic mass is 19.4. The first-order valence-corrected chi connectivity index (χ1v) is 11.8. The smallest absolute Gasteiger partial charge is 0.416 e. The zero-order chi connectivity index (χ0) is 28.4. The van der Waals surface area contributed by atoms with Crippen LogP contribution in [0.2, 0.25) is 0 Å². The Bertz CT molecular complexity index is 1150. The Morgan fingerprint density at radius 2 is 1.63 bits per heavy atom. The summed E-state index contributed by atoms with van der Waals surface area (Å²) in [5, 5.41) is 9.22. The molecule has 1 saturated heterocycles. The maximum Gasteiger partial charge on any atom is 0.416 e. The van der Waals surface area contributed by atoms with Crippen LogP contribution in [0.5, 0.6) is 0 Å². The Morgan fingerprint density at radius 1 is 1.03 bits per heavy atom. The molecule has 1 fully saturated rings. The van der Waals surface area contributed by atoms with Gasteiger partial charge in [0.15, 0.2) is 0 Å². The molecule has 1 heterocycles. The molecule has 208 valence electrons. The van der Waals surface area contributed by atoms with Gasteiger partial charge in [0.05, 0.1) is 17.2 Å². The minimum Gasteiger partial charge on any atom is -0.481 e. The number of carbonyl (C=O) groups excluding carboxylic acids is 1. The number of aryl methyl sites for hydroxylation is 1. The number of amides is 2. The van der Waals surface area contributed by atoms with E-state index in [9.17, 15) is 45.4 Å². The average molecular weight is 548 g/mol. The summed E-state index contributed by atoms with van der Waals surface area (Å²) >= 11 is 0. The van der Waals surface area contributed by atoms with Crippen LogP contribution in [0, 0.1) is 18.7 Å². The third kappa shape index (κ3) is 7.16. The first kappa shape index (κ1) is 29.2. The maximum absolute atomic E-state index is 13.7. The zero-order valence-corrected chi connectivity index (χ0v) is 20.7. The Labute approximate surface area is 214 Å². The Hall–Kier alpha value is -3.31. The van der Waals surface area contributed by atoms with Gasteiger partial charge in [0, 0.05) is 26.6 Å². The van der Waals surface area contributed by atoms with Gasteiger partial charge in [-0.3, -0.25) is 4.79 Å². The van der Waals surface area contributed by atoms with Crippen LogP contribution in [0.15, 0.2) is 36.4 Å². The highest BCUT2D eigenvalue weighted by Gasteiger charge is 2.38. The normalized spacial score (nSPS) is 18.4. The SMILES string of the molecule is Cc1cc(F)ccc1[C@H]1C[C@H](CC(=O)O)CCN1C(=O)N(C)CCc1cc(C(F)(F)F)cc(C(F)(F)F)c1. The number of alkyl halides is 6. The van der Waals surface area contributed by atoms with Gasteiger partial charge in [-0.15, -0.1) is 0 Å². The molecule has 0 spiro atoms. The monoisotopic (exact) mass is 548 g/mol. The fourth-order valence-electron chi connectivity index (χ4n) is 4.78. The fraction of sp³-hybridized carbons (Fsp3) is 0.462. The molecule has 0 unspecified atom stereocenters. The van der Waals surface area contributed by atoms with Gasteiger partial charge in [-0.1, -0.05) is 6.07 Å². The minimum absolute atomic E-state index is 0.0509. The average Bonchev–Trinajstić information content (AvgIpc) is 2.80. The Morgan fingerprint density at radius 3 is 2.16 bits per heavy atom. The maximum atomic E-state index is 13.7. The number of carboxylic acids is 1. The van der Waals surface area contributed by atoms with Crippen molar-refractivity contribution in [2.24, 2.45) is 5.92 Å². The van der Waals surface area contributed by atoms with Crippen molar-refractivity contribution in [1.82, 2.24) is 9.80 Å². The van der Waals surface area contributed by atoms with Gasteiger partial charge in [-0.2, -0.15) is 26.3 Å². The lowest BCUT2D eigenvalue weighted by Crippen LogP contribution is -2.47. The molecule has 0 saturated carbocycles. The number of aliphatic carboxylic acids is 1. The van der Waals surface area contributed by atoms with E-state index in [1.54, 1.807) is 6.92 Å². The molecule has 1 N–H and O–H groups in total. The molecule has 12 heteroatoms. The Kier molecular flexibility index (Phi) is 8.62. The van der Waals surface area contributed by atoms with E-state index < -0.39 is 47.3 Å². The van der Waals surface area contributed by atoms with Crippen LogP contribution in [0.3, 0.4) is 0 Å². The number of likely N-dealkylation sites (tertiary alicyclic amines) is 1. The van der Waals surface area contributed by atoms with Gasteiger partial charge in [-0.25, -0.2) is 9.18 Å². The van der Waals surface area contributed by atoms with Crippen molar-refractivity contribution in [1.29, 1.82) is 0 Å². The molecule has 5 nitrogen and oxygen atoms in total. The number of benzene rings is 2. The lowest BCUT2D eigenvalue weighted by Gasteiger charge is -2.41. The van der Waals surface area contributed by atoms with Crippen LogP contribution < -0.4 is 0 Å². The molecule has 2 atom stereocenters. The van der Waals surface area contributed by atoms with Crippen molar-refractivity contribution >= 4 is 12.0 Å². The van der Waals surface area contributed by atoms with Crippen LogP contribution in [-0.2, 0) is 23.6 Å². The summed E-state index contributed by atoms with van der Waals surface area (Å²) in [6.07, 6.45) is -9.61. The molecule has 0 radical (unpaired) electrons. The number of hydrogen-bond donors (Lipinski definition) is 1. The number of nitrogens with zero attached hydrogens (tertiary/aromatic N) is 2. The molecule has 2 aromatic carbocycles. The molecular formula is C26H27F7N2O3. The van der Waals surface area contributed by atoms with Crippen LogP contribution in [0.25, 0.3) is 0 Å². The zero-order valence-electron chi connectivity index (χ0n) is 20.7. The minimum atomic E-state index is -4.97. The van der Waals surface area contributed by atoms with Crippen molar-refractivity contribution in [2.45, 2.75) is 51.0 Å². The summed E-state index contributed by atoms with van der Waals surface area (Å²) in [6.45, 7) is 1.68. The number of urea groups is 1. The molecule has 0 aliphatic carbocycles. The standard InChI is InChI=1S/C26H27F7N2O3/c1-15-9-20(27)3-4-21(15)22-12-17(13-23(36)37)6-8-35(22)24(38)34(2)7-5-16-10-18(25(28,29)30)14-19(11-16)26(31,32)33/h3-4,9-11,14,17,22H,5-8,12-13H2,1-2H3,(H,36,37)/t17-,22-/m1/s1. The number of hydrogen-bond acceptors (Lipinski definition) is 2. The van der Waals surface area contributed by atoms with Gasteiger partial charge in [-0.05, 0) is 79.1 Å². The predicted octanol–water partition coefficient (Wildman–Crippen LogP) is 6.69. The highest BCUT2D eigenvalue weighted by molar-refractivity contribution is 5.75. The van der Waals surface area contributed by atoms with Gasteiger partial charge in [0.25, 0.3) is 0 Å². The largest absolute Gasteiger partial charge is 0.481 e. The first-order chi connectivity index (χ1) is 17.6. The summed E-state index contributed by atoms with van der Waals surface area (Å²) in [5.41, 5.74) is -1.88. The molecule has 2 aromatic rings. The molecule has 1 aliphatic heterocycles. The third-order valence-corrected chi connectivity index (χ3v) is 6.72. The van der Waals surface area contributed by atoms with E-state index in [0.717, 1.165) is 0 Å². The van der Waals surface area contributed by atoms with Crippen molar-refractivity contribution in [3.63, 3.8) is 0 Å². The second kappa shape index (κ2) is 11.2. The lowest BCUT2D eigenvalue weighted by molar-refractivity contribution is -0.143. The van der Waals surface area contributed by atoms with E-state index in [1.807, 2.05) is 0 Å². The number of halogens is 7. The molecule has 2 amide bonds. The molecule has 0 aromatic heterocycles. The first-order valence-electron chi connectivity index (χ1n) is 11.8. The lowest BCUT2D eigenvalue weighted by atomic mass is 9.84. The number of carbonyl (C=O) groups is 2. The van der Waals surface area contributed by atoms with Crippen molar-refractivity contribution in [2.75, 3.05) is 20.1 Å². The molecule has 0 bridgehead atoms. The third-order valence-electron chi connectivity index (χ3n) is 6.72. The second-order valence-electron chi connectivity index (χ2n) is 9.57. The summed E-state index contributed by atoms with van der Waals surface area (Å²) in [7, 11) is 1.39. The van der Waals surface area contributed by atoms with E-state index in [0.29, 0.717) is 36.1 Å². The fourth-order valence-corrected chi connectivity index (χ4v) is 4.78. The van der Waals surface area contributed by atoms with Crippen molar-refractivity contribution in [3.05, 3.63) is 70.0 Å². The number of piperidine rings is 1. The van der Waals surface area contributed by atoms with E-state index in [4.69, 9.17) is 0 Å². The van der Waals surface area contributed by atoms with E-state index >= 15 is 0 Å². The summed E-state index contributed by atoms with van der Waals surface area (Å²) in [4.78, 5) is 27.3. The van der Waals surface area contributed by atoms with E-state index in [2.05, 4.69) is 0 Å². The quantitative estimate of drug-likeness (QED) is 0.409. The van der Waals surface area contributed by atoms with Gasteiger partial charge >= 0.3 is 24.4 Å². The van der Waals surface area contributed by atoms with Gasteiger partial charge in [0.1, 0.15) is 5.82 Å². The summed E-state index contributed by atoms with van der Waals surface area (Å²) in [6, 6.07) is 4.29. The van der Waals surface area contributed by atoms with E-state index in [-0.39, 0.29) is 43.5 Å². The number of carboxylic acid groups (broad SMARTS) is 1. The summed E-state index contributed by atoms with van der Waals surface area (Å²) in [5.74, 6) is -1.69. The summed E-state index contributed by atoms with van der Waals surface area (Å²) < 4.78 is 92.8. The number of likely N-dealkylation sites (N-methyl/N-ethyl adjacent to an activating group) is 1. The molecule has 3 rings (SSSR count).